The van der Waals surface area contributed by atoms with Crippen LogP contribution < -0.4 is 5.32 Å². The number of aliphatic hydroxyl groups excluding tert-OH is 1. The highest BCUT2D eigenvalue weighted by atomic mass is 32.1. The van der Waals surface area contributed by atoms with Gasteiger partial charge in [0.05, 0.1) is 37.4 Å². The first-order valence-electron chi connectivity index (χ1n) is 10.7. The molecule has 1 atom stereocenters. The van der Waals surface area contributed by atoms with E-state index in [0.717, 1.165) is 73.1 Å². The lowest BCUT2D eigenvalue weighted by molar-refractivity contribution is 0.0331. The van der Waals surface area contributed by atoms with Crippen LogP contribution >= 0.6 is 11.3 Å². The smallest absolute Gasteiger partial charge is 0.146 e. The molecule has 2 N–H and O–H groups in total. The molecule has 1 saturated heterocycles. The average molecular weight is 429 g/mol. The number of fused-ring (bicyclic) bond motifs is 3. The summed E-state index contributed by atoms with van der Waals surface area (Å²) in [6.45, 7) is 4.45. The van der Waals surface area contributed by atoms with Crippen LogP contribution in [0.2, 0.25) is 0 Å². The Labute approximate surface area is 179 Å². The van der Waals surface area contributed by atoms with Gasteiger partial charge in [-0.2, -0.15) is 5.10 Å². The number of hydrogen-bond donors (Lipinski definition) is 2. The second kappa shape index (κ2) is 8.58. The minimum absolute atomic E-state index is 0.388. The number of nitrogens with one attached hydrogen (secondary N) is 1. The number of anilines is 1. The predicted octanol–water partition coefficient (Wildman–Crippen LogP) is 2.28. The first kappa shape index (κ1) is 19.9. The Morgan fingerprint density at radius 3 is 2.87 bits per heavy atom. The molecule has 0 saturated carbocycles. The fourth-order valence-electron chi connectivity index (χ4n) is 4.28. The van der Waals surface area contributed by atoms with Crippen molar-refractivity contribution in [2.45, 2.75) is 38.3 Å². The van der Waals surface area contributed by atoms with E-state index < -0.39 is 6.10 Å². The molecule has 1 aliphatic carbocycles. The van der Waals surface area contributed by atoms with Gasteiger partial charge in [0.2, 0.25) is 0 Å². The van der Waals surface area contributed by atoms with Crippen molar-refractivity contribution in [3.05, 3.63) is 34.2 Å². The molecule has 0 bridgehead atoms. The number of thiophene rings is 1. The maximum atomic E-state index is 10.6. The van der Waals surface area contributed by atoms with Crippen LogP contribution in [0.1, 0.15) is 40.8 Å². The van der Waals surface area contributed by atoms with Crippen LogP contribution in [-0.2, 0) is 31.2 Å². The summed E-state index contributed by atoms with van der Waals surface area (Å²) < 4.78 is 7.17. The van der Waals surface area contributed by atoms with Crippen LogP contribution in [0.5, 0.6) is 0 Å². The summed E-state index contributed by atoms with van der Waals surface area (Å²) in [5.41, 5.74) is 2.20. The standard InChI is InChI=1S/C21H28N6O2S/c1-26-12-14(10-23-26)16(28)11-22-20-19-15-4-2-3-5-17(15)30-21(19)25-18(24-20)13-27-6-8-29-9-7-27/h10,12,16,28H,2-9,11,13H2,1H3,(H,22,24,25). The van der Waals surface area contributed by atoms with Crippen LogP contribution in [0.3, 0.4) is 0 Å². The topological polar surface area (TPSA) is 88.3 Å². The fourth-order valence-corrected chi connectivity index (χ4v) is 5.56. The summed E-state index contributed by atoms with van der Waals surface area (Å²) >= 11 is 1.81. The molecular weight excluding hydrogens is 400 g/mol. The number of hydrogen-bond acceptors (Lipinski definition) is 8. The van der Waals surface area contributed by atoms with Crippen molar-refractivity contribution in [1.29, 1.82) is 0 Å². The zero-order chi connectivity index (χ0) is 20.5. The van der Waals surface area contributed by atoms with E-state index in [-0.39, 0.29) is 0 Å². The van der Waals surface area contributed by atoms with Gasteiger partial charge in [-0.3, -0.25) is 9.58 Å². The number of ether oxygens (including phenoxy) is 1. The highest BCUT2D eigenvalue weighted by molar-refractivity contribution is 7.19. The van der Waals surface area contributed by atoms with E-state index in [1.807, 2.05) is 24.6 Å². The normalized spacial score (nSPS) is 18.5. The monoisotopic (exact) mass is 428 g/mol. The number of aliphatic hydroxyl groups is 1. The molecule has 1 aliphatic heterocycles. The van der Waals surface area contributed by atoms with Crippen molar-refractivity contribution >= 4 is 27.4 Å². The zero-order valence-electron chi connectivity index (χ0n) is 17.3. The summed E-state index contributed by atoms with van der Waals surface area (Å²) in [6.07, 6.45) is 7.59. The van der Waals surface area contributed by atoms with Gasteiger partial charge in [-0.1, -0.05) is 0 Å². The van der Waals surface area contributed by atoms with Gasteiger partial charge < -0.3 is 15.2 Å². The second-order valence-corrected chi connectivity index (χ2v) is 9.20. The summed E-state index contributed by atoms with van der Waals surface area (Å²) in [6, 6.07) is 0. The quantitative estimate of drug-likeness (QED) is 0.623. The molecule has 1 unspecified atom stereocenters. The maximum Gasteiger partial charge on any atom is 0.146 e. The van der Waals surface area contributed by atoms with Gasteiger partial charge in [-0.25, -0.2) is 9.97 Å². The molecule has 0 aromatic carbocycles. The molecular formula is C21H28N6O2S. The van der Waals surface area contributed by atoms with Crippen molar-refractivity contribution < 1.29 is 9.84 Å². The first-order chi connectivity index (χ1) is 14.7. The third kappa shape index (κ3) is 4.07. The highest BCUT2D eigenvalue weighted by Crippen LogP contribution is 2.38. The van der Waals surface area contributed by atoms with E-state index in [4.69, 9.17) is 14.7 Å². The third-order valence-corrected chi connectivity index (χ3v) is 7.09. The van der Waals surface area contributed by atoms with Gasteiger partial charge in [0.1, 0.15) is 16.5 Å². The summed E-state index contributed by atoms with van der Waals surface area (Å²) in [7, 11) is 1.85. The number of nitrogens with zero attached hydrogens (tertiary/aromatic N) is 5. The fraction of sp³-hybridized carbons (Fsp3) is 0.571. The van der Waals surface area contributed by atoms with E-state index in [2.05, 4.69) is 15.3 Å². The Morgan fingerprint density at radius 2 is 2.07 bits per heavy atom. The van der Waals surface area contributed by atoms with Gasteiger partial charge >= 0.3 is 0 Å². The Morgan fingerprint density at radius 1 is 1.23 bits per heavy atom. The van der Waals surface area contributed by atoms with Gasteiger partial charge in [0.25, 0.3) is 0 Å². The van der Waals surface area contributed by atoms with Gasteiger partial charge in [0, 0.05) is 43.3 Å². The lowest BCUT2D eigenvalue weighted by Crippen LogP contribution is -2.36. The molecule has 9 heteroatoms. The molecule has 5 rings (SSSR count). The molecule has 0 spiro atoms. The summed E-state index contributed by atoms with van der Waals surface area (Å²) in [4.78, 5) is 14.7. The Bertz CT molecular complexity index is 1030. The number of aromatic nitrogens is 4. The molecule has 0 radical (unpaired) electrons. The zero-order valence-corrected chi connectivity index (χ0v) is 18.1. The molecule has 4 heterocycles. The predicted molar refractivity (Wildman–Crippen MR) is 117 cm³/mol. The van der Waals surface area contributed by atoms with Crippen LogP contribution in [0.15, 0.2) is 12.4 Å². The molecule has 2 aliphatic rings. The Balaban J connectivity index is 1.44. The Kier molecular flexibility index (Phi) is 5.68. The van der Waals surface area contributed by atoms with Crippen molar-refractivity contribution in [1.82, 2.24) is 24.6 Å². The molecule has 3 aromatic heterocycles. The highest BCUT2D eigenvalue weighted by Gasteiger charge is 2.23. The van der Waals surface area contributed by atoms with Gasteiger partial charge in [-0.05, 0) is 31.2 Å². The van der Waals surface area contributed by atoms with E-state index in [1.165, 1.54) is 23.3 Å². The van der Waals surface area contributed by atoms with Crippen molar-refractivity contribution in [3.8, 4) is 0 Å². The molecule has 30 heavy (non-hydrogen) atoms. The maximum absolute atomic E-state index is 10.6. The number of aryl methyl sites for hydroxylation is 3. The second-order valence-electron chi connectivity index (χ2n) is 8.11. The van der Waals surface area contributed by atoms with E-state index in [9.17, 15) is 5.11 Å². The van der Waals surface area contributed by atoms with E-state index >= 15 is 0 Å². The largest absolute Gasteiger partial charge is 0.386 e. The number of rotatable bonds is 6. The van der Waals surface area contributed by atoms with Crippen molar-refractivity contribution in [2.24, 2.45) is 7.05 Å². The minimum atomic E-state index is -0.638. The lowest BCUT2D eigenvalue weighted by atomic mass is 9.97. The number of morpholine rings is 1. The van der Waals surface area contributed by atoms with Crippen LogP contribution in [-0.4, -0.2) is 62.6 Å². The SMILES string of the molecule is Cn1cc(C(O)CNc2nc(CN3CCOCC3)nc3sc4c(c23)CCCC4)cn1. The summed E-state index contributed by atoms with van der Waals surface area (Å²) in [5, 5.41) is 19.4. The van der Waals surface area contributed by atoms with Crippen LogP contribution in [0.25, 0.3) is 10.2 Å². The van der Waals surface area contributed by atoms with Crippen molar-refractivity contribution in [2.75, 3.05) is 38.2 Å². The third-order valence-electron chi connectivity index (χ3n) is 5.90. The molecule has 8 nitrogen and oxygen atoms in total. The van der Waals surface area contributed by atoms with Crippen molar-refractivity contribution in [3.63, 3.8) is 0 Å². The minimum Gasteiger partial charge on any atom is -0.386 e. The van der Waals surface area contributed by atoms with Crippen LogP contribution in [0, 0.1) is 0 Å². The van der Waals surface area contributed by atoms with E-state index in [0.29, 0.717) is 6.54 Å². The van der Waals surface area contributed by atoms with E-state index in [1.54, 1.807) is 10.9 Å². The first-order valence-corrected chi connectivity index (χ1v) is 11.5. The average Bonchev–Trinajstić information content (AvgIpc) is 3.36. The molecule has 3 aromatic rings. The van der Waals surface area contributed by atoms with Gasteiger partial charge in [0.15, 0.2) is 0 Å². The molecule has 1 fully saturated rings. The summed E-state index contributed by atoms with van der Waals surface area (Å²) in [5.74, 6) is 1.69. The lowest BCUT2D eigenvalue weighted by Gasteiger charge is -2.26. The van der Waals surface area contributed by atoms with Crippen LogP contribution in [0.4, 0.5) is 5.82 Å². The molecule has 160 valence electrons. The van der Waals surface area contributed by atoms with Gasteiger partial charge in [-0.15, -0.1) is 11.3 Å². The Hall–Kier alpha value is -2.07. The molecule has 0 amide bonds.